The maximum Gasteiger partial charge on any atom is 0.242 e. The zero-order valence-electron chi connectivity index (χ0n) is 14.6. The van der Waals surface area contributed by atoms with E-state index in [2.05, 4.69) is 27.8 Å². The van der Waals surface area contributed by atoms with Crippen LogP contribution in [0.1, 0.15) is 45.1 Å². The summed E-state index contributed by atoms with van der Waals surface area (Å²) in [5.74, 6) is 0.961. The molecule has 7 heteroatoms. The van der Waals surface area contributed by atoms with E-state index in [0.717, 1.165) is 49.3 Å². The van der Waals surface area contributed by atoms with Gasteiger partial charge in [-0.1, -0.05) is 12.1 Å². The van der Waals surface area contributed by atoms with Crippen LogP contribution in [0.3, 0.4) is 0 Å². The molecule has 2 aromatic rings. The van der Waals surface area contributed by atoms with Crippen LogP contribution in [0.15, 0.2) is 24.3 Å². The summed E-state index contributed by atoms with van der Waals surface area (Å²) in [5.41, 5.74) is 1.89. The summed E-state index contributed by atoms with van der Waals surface area (Å²) in [7, 11) is 0. The van der Waals surface area contributed by atoms with Gasteiger partial charge in [0.05, 0.1) is 12.6 Å². The molecular formula is C18H24N6O. The van der Waals surface area contributed by atoms with Crippen molar-refractivity contribution < 1.29 is 4.79 Å². The van der Waals surface area contributed by atoms with Gasteiger partial charge in [-0.25, -0.2) is 4.68 Å². The van der Waals surface area contributed by atoms with E-state index in [1.165, 1.54) is 6.42 Å². The number of nitrogens with zero attached hydrogens (tertiary/aromatic N) is 5. The Hall–Kier alpha value is -2.44. The van der Waals surface area contributed by atoms with Crippen LogP contribution in [0.2, 0.25) is 0 Å². The van der Waals surface area contributed by atoms with Crippen LogP contribution in [0, 0.1) is 0 Å². The average Bonchev–Trinajstić information content (AvgIpc) is 3.37. The van der Waals surface area contributed by atoms with E-state index in [9.17, 15) is 4.79 Å². The highest BCUT2D eigenvalue weighted by Crippen LogP contribution is 2.36. The fourth-order valence-corrected chi connectivity index (χ4v) is 3.46. The van der Waals surface area contributed by atoms with E-state index >= 15 is 0 Å². The third-order valence-corrected chi connectivity index (χ3v) is 5.07. The molecule has 1 aliphatic heterocycles. The summed E-state index contributed by atoms with van der Waals surface area (Å²) in [6.45, 7) is 3.33. The van der Waals surface area contributed by atoms with Gasteiger partial charge in [0.15, 0.2) is 5.82 Å². The Kier molecular flexibility index (Phi) is 4.38. The Balaban J connectivity index is 1.43. The summed E-state index contributed by atoms with van der Waals surface area (Å²) >= 11 is 0. The van der Waals surface area contributed by atoms with Gasteiger partial charge < -0.3 is 10.2 Å². The number of anilines is 1. The van der Waals surface area contributed by atoms with Gasteiger partial charge in [-0.3, -0.25) is 4.79 Å². The molecular weight excluding hydrogens is 316 g/mol. The summed E-state index contributed by atoms with van der Waals surface area (Å²) in [6.07, 6.45) is 5.70. The molecule has 1 atom stereocenters. The van der Waals surface area contributed by atoms with Crippen molar-refractivity contribution in [2.75, 3.05) is 18.4 Å². The number of hydrogen-bond donors (Lipinski definition) is 1. The first-order valence-electron chi connectivity index (χ1n) is 9.14. The molecule has 2 fully saturated rings. The fraction of sp³-hybridized carbons (Fsp3) is 0.556. The Morgan fingerprint density at radius 1 is 1.28 bits per heavy atom. The van der Waals surface area contributed by atoms with Crippen molar-refractivity contribution in [3.8, 4) is 11.4 Å². The lowest BCUT2D eigenvalue weighted by atomic mass is 10.0. The number of benzene rings is 1. The van der Waals surface area contributed by atoms with Gasteiger partial charge in [0.25, 0.3) is 0 Å². The van der Waals surface area contributed by atoms with Crippen molar-refractivity contribution in [1.82, 2.24) is 25.1 Å². The quantitative estimate of drug-likeness (QED) is 0.905. The van der Waals surface area contributed by atoms with Gasteiger partial charge in [0.2, 0.25) is 5.91 Å². The number of carbonyl (C=O) groups excluding carboxylic acids is 1. The molecule has 2 aliphatic rings. The number of hydrogen-bond acceptors (Lipinski definition) is 5. The summed E-state index contributed by atoms with van der Waals surface area (Å²) in [6, 6.07) is 8.74. The normalized spacial score (nSPS) is 20.5. The van der Waals surface area contributed by atoms with E-state index in [0.29, 0.717) is 18.6 Å². The first-order chi connectivity index (χ1) is 12.2. The van der Waals surface area contributed by atoms with Crippen molar-refractivity contribution in [2.24, 2.45) is 0 Å². The van der Waals surface area contributed by atoms with Crippen molar-refractivity contribution >= 4 is 11.6 Å². The third kappa shape index (κ3) is 3.50. The Morgan fingerprint density at radius 3 is 2.96 bits per heavy atom. The van der Waals surface area contributed by atoms with Crippen LogP contribution in [0.5, 0.6) is 0 Å². The second-order valence-electron chi connectivity index (χ2n) is 7.04. The van der Waals surface area contributed by atoms with Crippen molar-refractivity contribution in [1.29, 1.82) is 0 Å². The lowest BCUT2D eigenvalue weighted by molar-refractivity contribution is -0.132. The van der Waals surface area contributed by atoms with E-state index in [4.69, 9.17) is 0 Å². The van der Waals surface area contributed by atoms with Gasteiger partial charge in [-0.2, -0.15) is 0 Å². The fourth-order valence-electron chi connectivity index (χ4n) is 3.46. The summed E-state index contributed by atoms with van der Waals surface area (Å²) in [5, 5.41) is 15.3. The summed E-state index contributed by atoms with van der Waals surface area (Å²) in [4.78, 5) is 14.5. The minimum atomic E-state index is 0.167. The number of carbonyl (C=O) groups is 1. The Labute approximate surface area is 147 Å². The number of likely N-dealkylation sites (tertiary alicyclic amines) is 1. The van der Waals surface area contributed by atoms with Crippen molar-refractivity contribution in [3.63, 3.8) is 0 Å². The maximum atomic E-state index is 12.5. The topological polar surface area (TPSA) is 75.9 Å². The van der Waals surface area contributed by atoms with Crippen LogP contribution in [0.4, 0.5) is 5.69 Å². The average molecular weight is 340 g/mol. The van der Waals surface area contributed by atoms with Gasteiger partial charge in [-0.05, 0) is 61.6 Å². The number of rotatable bonds is 5. The van der Waals surface area contributed by atoms with Crippen LogP contribution in [0.25, 0.3) is 11.4 Å². The number of nitrogens with one attached hydrogen (secondary N) is 1. The molecule has 0 radical (unpaired) electrons. The molecule has 4 rings (SSSR count). The largest absolute Gasteiger partial charge is 0.376 e. The van der Waals surface area contributed by atoms with E-state index in [-0.39, 0.29) is 5.91 Å². The molecule has 1 saturated heterocycles. The predicted molar refractivity (Wildman–Crippen MR) is 95.0 cm³/mol. The smallest absolute Gasteiger partial charge is 0.242 e. The zero-order valence-corrected chi connectivity index (χ0v) is 14.6. The SMILES string of the molecule is CC1CCCCN1C(=O)CNc1cccc(-c2nnnn2C2CC2)c1. The second kappa shape index (κ2) is 6.82. The molecule has 25 heavy (non-hydrogen) atoms. The predicted octanol–water partition coefficient (Wildman–Crippen LogP) is 2.49. The van der Waals surface area contributed by atoms with Crippen LogP contribution >= 0.6 is 0 Å². The molecule has 1 unspecified atom stereocenters. The molecule has 7 nitrogen and oxygen atoms in total. The molecule has 0 spiro atoms. The van der Waals surface area contributed by atoms with Crippen LogP contribution in [-0.4, -0.2) is 50.1 Å². The monoisotopic (exact) mass is 340 g/mol. The van der Waals surface area contributed by atoms with E-state index in [1.54, 1.807) is 0 Å². The minimum absolute atomic E-state index is 0.167. The van der Waals surface area contributed by atoms with E-state index in [1.807, 2.05) is 33.8 Å². The van der Waals surface area contributed by atoms with Gasteiger partial charge in [0.1, 0.15) is 0 Å². The Bertz CT molecular complexity index is 754. The molecule has 1 aromatic heterocycles. The molecule has 1 aromatic carbocycles. The molecule has 2 heterocycles. The minimum Gasteiger partial charge on any atom is -0.376 e. The molecule has 0 bridgehead atoms. The maximum absolute atomic E-state index is 12.5. The Morgan fingerprint density at radius 2 is 2.16 bits per heavy atom. The number of piperidine rings is 1. The van der Waals surface area contributed by atoms with Crippen molar-refractivity contribution in [2.45, 2.75) is 51.1 Å². The number of aromatic nitrogens is 4. The number of tetrazole rings is 1. The number of amides is 1. The van der Waals surface area contributed by atoms with Crippen molar-refractivity contribution in [3.05, 3.63) is 24.3 Å². The van der Waals surface area contributed by atoms with Gasteiger partial charge >= 0.3 is 0 Å². The first kappa shape index (κ1) is 16.1. The van der Waals surface area contributed by atoms with Gasteiger partial charge in [0, 0.05) is 23.8 Å². The molecule has 1 aliphatic carbocycles. The van der Waals surface area contributed by atoms with E-state index < -0.39 is 0 Å². The van der Waals surface area contributed by atoms with Crippen LogP contribution < -0.4 is 5.32 Å². The lowest BCUT2D eigenvalue weighted by Gasteiger charge is -2.33. The first-order valence-corrected chi connectivity index (χ1v) is 9.14. The van der Waals surface area contributed by atoms with Gasteiger partial charge in [-0.15, -0.1) is 5.10 Å². The molecule has 1 amide bonds. The molecule has 1 saturated carbocycles. The molecule has 132 valence electrons. The molecule has 1 N–H and O–H groups in total. The zero-order chi connectivity index (χ0) is 17.2. The third-order valence-electron chi connectivity index (χ3n) is 5.07. The highest BCUT2D eigenvalue weighted by molar-refractivity contribution is 5.81. The highest BCUT2D eigenvalue weighted by atomic mass is 16.2. The second-order valence-corrected chi connectivity index (χ2v) is 7.04. The lowest BCUT2D eigenvalue weighted by Crippen LogP contribution is -2.44. The highest BCUT2D eigenvalue weighted by Gasteiger charge is 2.28. The van der Waals surface area contributed by atoms with Crippen LogP contribution in [-0.2, 0) is 4.79 Å². The summed E-state index contributed by atoms with van der Waals surface area (Å²) < 4.78 is 1.90. The standard InChI is InChI=1S/C18H24N6O/c1-13-5-2-3-10-23(13)17(25)12-19-15-7-4-6-14(11-15)18-20-21-22-24(18)16-8-9-16/h4,6-7,11,13,16,19H,2-3,5,8-10,12H2,1H3.